The topological polar surface area (TPSA) is 0 Å². The Morgan fingerprint density at radius 3 is 1.75 bits per heavy atom. The molecule has 0 fully saturated rings. The molecule has 0 radical (unpaired) electrons. The third kappa shape index (κ3) is 2.46. The summed E-state index contributed by atoms with van der Waals surface area (Å²) >= 11 is 0. The molecule has 0 bridgehead atoms. The van der Waals surface area contributed by atoms with Gasteiger partial charge in [-0.25, -0.2) is 0 Å². The van der Waals surface area contributed by atoms with Gasteiger partial charge in [0.05, 0.1) is 0 Å². The molecule has 0 heterocycles. The van der Waals surface area contributed by atoms with Crippen LogP contribution >= 0.6 is 0 Å². The van der Waals surface area contributed by atoms with Gasteiger partial charge in [0, 0.05) is 0 Å². The summed E-state index contributed by atoms with van der Waals surface area (Å²) < 4.78 is 0. The molecule has 0 saturated heterocycles. The van der Waals surface area contributed by atoms with Crippen LogP contribution in [0.1, 0.15) is 26.3 Å². The van der Waals surface area contributed by atoms with E-state index >= 15 is 0 Å². The van der Waals surface area contributed by atoms with Crippen LogP contribution in [0.15, 0.2) is 60.7 Å². The van der Waals surface area contributed by atoms with E-state index in [4.69, 9.17) is 0 Å². The Morgan fingerprint density at radius 1 is 0.750 bits per heavy atom. The molecular weight excluding hydrogens is 240 g/mol. The van der Waals surface area contributed by atoms with Gasteiger partial charge in [-0.15, -0.1) is 0 Å². The summed E-state index contributed by atoms with van der Waals surface area (Å²) in [6.07, 6.45) is 4.58. The normalized spacial score (nSPS) is 12.6. The van der Waals surface area contributed by atoms with Gasteiger partial charge in [-0.3, -0.25) is 0 Å². The lowest BCUT2D eigenvalue weighted by Crippen LogP contribution is -1.98. The van der Waals surface area contributed by atoms with E-state index in [2.05, 4.69) is 87.5 Å². The van der Waals surface area contributed by atoms with Crippen LogP contribution in [0.4, 0.5) is 0 Å². The van der Waals surface area contributed by atoms with Crippen LogP contribution in [0.25, 0.3) is 27.6 Å². The van der Waals surface area contributed by atoms with Crippen molar-refractivity contribution in [2.45, 2.75) is 20.8 Å². The van der Waals surface area contributed by atoms with Gasteiger partial charge in [0.1, 0.15) is 0 Å². The molecule has 0 heteroatoms. The quantitative estimate of drug-likeness (QED) is 0.467. The minimum atomic E-state index is 0.193. The third-order valence-electron chi connectivity index (χ3n) is 3.56. The number of hydrogen-bond donors (Lipinski definition) is 0. The van der Waals surface area contributed by atoms with E-state index in [1.54, 1.807) is 0 Å². The Balaban J connectivity index is 2.36. The number of allylic oxidation sites excluding steroid dienone is 1. The first kappa shape index (κ1) is 12.9. The van der Waals surface area contributed by atoms with Gasteiger partial charge in [0.25, 0.3) is 0 Å². The summed E-state index contributed by atoms with van der Waals surface area (Å²) in [5.74, 6) is 0. The number of fused-ring (bicyclic) bond motifs is 2. The molecule has 0 aromatic heterocycles. The maximum absolute atomic E-state index is 2.29. The van der Waals surface area contributed by atoms with Crippen LogP contribution in [-0.2, 0) is 0 Å². The van der Waals surface area contributed by atoms with E-state index in [9.17, 15) is 0 Å². The SMILES string of the molecule is CC(C)(C)/C=C\c1c2ccccc2cc2ccccc12. The Bertz CT molecular complexity index is 732. The first-order valence-electron chi connectivity index (χ1n) is 7.14. The van der Waals surface area contributed by atoms with Crippen molar-refractivity contribution in [1.29, 1.82) is 0 Å². The van der Waals surface area contributed by atoms with E-state index in [0.717, 1.165) is 0 Å². The van der Waals surface area contributed by atoms with Gasteiger partial charge < -0.3 is 0 Å². The molecule has 3 aromatic carbocycles. The summed E-state index contributed by atoms with van der Waals surface area (Å²) in [5, 5.41) is 5.26. The average Bonchev–Trinajstić information content (AvgIpc) is 2.42. The monoisotopic (exact) mass is 260 g/mol. The van der Waals surface area contributed by atoms with Gasteiger partial charge in [0.2, 0.25) is 0 Å². The number of hydrogen-bond acceptors (Lipinski definition) is 0. The van der Waals surface area contributed by atoms with Gasteiger partial charge in [-0.05, 0) is 38.6 Å². The molecule has 3 aromatic rings. The molecule has 0 saturated carbocycles. The van der Waals surface area contributed by atoms with Gasteiger partial charge >= 0.3 is 0 Å². The van der Waals surface area contributed by atoms with Crippen molar-refractivity contribution in [3.63, 3.8) is 0 Å². The Hall–Kier alpha value is -2.08. The second-order valence-corrected chi connectivity index (χ2v) is 6.43. The fourth-order valence-corrected chi connectivity index (χ4v) is 2.56. The second-order valence-electron chi connectivity index (χ2n) is 6.43. The molecule has 20 heavy (non-hydrogen) atoms. The van der Waals surface area contributed by atoms with Crippen molar-refractivity contribution >= 4 is 27.6 Å². The van der Waals surface area contributed by atoms with Crippen molar-refractivity contribution in [1.82, 2.24) is 0 Å². The van der Waals surface area contributed by atoms with Crippen molar-refractivity contribution in [2.75, 3.05) is 0 Å². The van der Waals surface area contributed by atoms with E-state index in [-0.39, 0.29) is 5.41 Å². The number of benzene rings is 3. The molecule has 0 amide bonds. The Kier molecular flexibility index (Phi) is 3.10. The summed E-state index contributed by atoms with van der Waals surface area (Å²) in [6.45, 7) is 6.70. The lowest BCUT2D eigenvalue weighted by atomic mass is 9.92. The molecule has 0 aliphatic carbocycles. The van der Waals surface area contributed by atoms with Crippen molar-refractivity contribution in [3.8, 4) is 0 Å². The largest absolute Gasteiger partial charge is 0.0785 e. The maximum atomic E-state index is 2.29. The third-order valence-corrected chi connectivity index (χ3v) is 3.56. The Labute approximate surface area is 120 Å². The summed E-state index contributed by atoms with van der Waals surface area (Å²) in [5.41, 5.74) is 1.52. The van der Waals surface area contributed by atoms with Crippen molar-refractivity contribution < 1.29 is 0 Å². The molecule has 100 valence electrons. The Morgan fingerprint density at radius 2 is 1.25 bits per heavy atom. The molecular formula is C20H20. The van der Waals surface area contributed by atoms with Crippen LogP contribution in [0.3, 0.4) is 0 Å². The minimum Gasteiger partial charge on any atom is -0.0785 e. The molecule has 0 nitrogen and oxygen atoms in total. The molecule has 0 spiro atoms. The zero-order valence-corrected chi connectivity index (χ0v) is 12.4. The first-order chi connectivity index (χ1) is 9.54. The molecule has 0 aliphatic heterocycles. The van der Waals surface area contributed by atoms with Crippen LogP contribution in [-0.4, -0.2) is 0 Å². The predicted molar refractivity (Wildman–Crippen MR) is 89.9 cm³/mol. The average molecular weight is 260 g/mol. The fraction of sp³-hybridized carbons (Fsp3) is 0.200. The van der Waals surface area contributed by atoms with Crippen molar-refractivity contribution in [2.24, 2.45) is 5.41 Å². The minimum absolute atomic E-state index is 0.193. The first-order valence-corrected chi connectivity index (χ1v) is 7.14. The standard InChI is InChI=1S/C20H20/c1-20(2,3)13-12-19-17-10-6-4-8-15(17)14-16-9-5-7-11-18(16)19/h4-14H,1-3H3/b13-12-. The van der Waals surface area contributed by atoms with E-state index in [1.807, 2.05) is 0 Å². The smallest absolute Gasteiger partial charge is 0.0102 e. The van der Waals surface area contributed by atoms with Gasteiger partial charge in [-0.2, -0.15) is 0 Å². The predicted octanol–water partition coefficient (Wildman–Crippen LogP) is 6.05. The molecule has 3 rings (SSSR count). The highest BCUT2D eigenvalue weighted by atomic mass is 14.1. The van der Waals surface area contributed by atoms with Gasteiger partial charge in [-0.1, -0.05) is 81.5 Å². The zero-order valence-electron chi connectivity index (χ0n) is 12.4. The highest BCUT2D eigenvalue weighted by molar-refractivity contribution is 6.06. The molecule has 0 atom stereocenters. The zero-order chi connectivity index (χ0) is 14.2. The van der Waals surface area contributed by atoms with Crippen LogP contribution in [0.5, 0.6) is 0 Å². The van der Waals surface area contributed by atoms with Crippen LogP contribution < -0.4 is 0 Å². The summed E-state index contributed by atoms with van der Waals surface area (Å²) in [4.78, 5) is 0. The molecule has 0 aliphatic rings. The lowest BCUT2D eigenvalue weighted by molar-refractivity contribution is 0.547. The second kappa shape index (κ2) is 4.79. The van der Waals surface area contributed by atoms with Gasteiger partial charge in [0.15, 0.2) is 0 Å². The lowest BCUT2D eigenvalue weighted by Gasteiger charge is -2.13. The van der Waals surface area contributed by atoms with Crippen LogP contribution in [0.2, 0.25) is 0 Å². The van der Waals surface area contributed by atoms with E-state index in [1.165, 1.54) is 27.1 Å². The summed E-state index contributed by atoms with van der Waals surface area (Å²) in [6, 6.07) is 19.5. The maximum Gasteiger partial charge on any atom is -0.0102 e. The molecule has 0 unspecified atom stereocenters. The molecule has 0 N–H and O–H groups in total. The van der Waals surface area contributed by atoms with Crippen LogP contribution in [0, 0.1) is 5.41 Å². The van der Waals surface area contributed by atoms with Crippen molar-refractivity contribution in [3.05, 3.63) is 66.2 Å². The highest BCUT2D eigenvalue weighted by Gasteiger charge is 2.07. The number of rotatable bonds is 1. The summed E-state index contributed by atoms with van der Waals surface area (Å²) in [7, 11) is 0. The van der Waals surface area contributed by atoms with E-state index in [0.29, 0.717) is 0 Å². The highest BCUT2D eigenvalue weighted by Crippen LogP contribution is 2.30. The fourth-order valence-electron chi connectivity index (χ4n) is 2.56. The van der Waals surface area contributed by atoms with E-state index < -0.39 is 0 Å².